The van der Waals surface area contributed by atoms with Crippen LogP contribution in [-0.2, 0) is 6.54 Å². The van der Waals surface area contributed by atoms with Crippen LogP contribution in [0.5, 0.6) is 0 Å². The maximum absolute atomic E-state index is 13.0. The Bertz CT molecular complexity index is 1310. The summed E-state index contributed by atoms with van der Waals surface area (Å²) in [5.41, 5.74) is 4.37. The van der Waals surface area contributed by atoms with Gasteiger partial charge in [-0.15, -0.1) is 0 Å². The minimum Gasteiger partial charge on any atom is -0.341 e. The van der Waals surface area contributed by atoms with Crippen molar-refractivity contribution in [2.24, 2.45) is 4.99 Å². The van der Waals surface area contributed by atoms with E-state index in [-0.39, 0.29) is 49.3 Å². The van der Waals surface area contributed by atoms with Gasteiger partial charge in [0, 0.05) is 95.6 Å². The second-order valence-electron chi connectivity index (χ2n) is 7.06. The fourth-order valence-electron chi connectivity index (χ4n) is 3.89. The standard InChI is InChI=1S/C25H22N2O2S.C2H6.Ar/c1-3-27-22-11-9-17(24(28)16-7-5-4-6-8-16)13-19(22)20-14-18(10-12-23(20)27)25(29)21(15-30)26-2;1-2;/h4-14,30H,3,15H2,1-2H3;1-2H3;. The average molecular weight is 485 g/mol. The van der Waals surface area contributed by atoms with E-state index in [0.29, 0.717) is 28.2 Å². The Morgan fingerprint density at radius 1 is 0.848 bits per heavy atom. The molecule has 3 aromatic carbocycles. The van der Waals surface area contributed by atoms with Crippen LogP contribution in [0.15, 0.2) is 71.7 Å². The second-order valence-corrected chi connectivity index (χ2v) is 7.38. The summed E-state index contributed by atoms with van der Waals surface area (Å²) in [6.45, 7) is 6.88. The molecule has 0 amide bonds. The van der Waals surface area contributed by atoms with Gasteiger partial charge < -0.3 is 4.57 Å². The van der Waals surface area contributed by atoms with Crippen LogP contribution in [0.3, 0.4) is 0 Å². The molecule has 4 nitrogen and oxygen atoms in total. The molecule has 4 aromatic rings. The molecule has 0 atom stereocenters. The van der Waals surface area contributed by atoms with Crippen molar-refractivity contribution in [3.05, 3.63) is 83.4 Å². The predicted octanol–water partition coefficient (Wildman–Crippen LogP) is 6.25. The number of hydrogen-bond acceptors (Lipinski definition) is 4. The Labute approximate surface area is 230 Å². The van der Waals surface area contributed by atoms with Gasteiger partial charge in [0.05, 0.1) is 5.71 Å². The number of carbonyl (C=O) groups is 2. The first-order valence-electron chi connectivity index (χ1n) is 10.9. The SMILES string of the molecule is CC.CCn1c2ccc(C(=O)C(CS)=NC)cc2c2cc(C(=O)c3ccccc3)ccc21.[Ar]. The summed E-state index contributed by atoms with van der Waals surface area (Å²) < 4.78 is 2.20. The van der Waals surface area contributed by atoms with Crippen LogP contribution in [0.2, 0.25) is 0 Å². The quantitative estimate of drug-likeness (QED) is 0.200. The molecule has 0 bridgehead atoms. The van der Waals surface area contributed by atoms with Gasteiger partial charge in [0.25, 0.3) is 0 Å². The van der Waals surface area contributed by atoms with Gasteiger partial charge in [0.15, 0.2) is 5.78 Å². The molecule has 0 saturated carbocycles. The minimum atomic E-state index is -0.122. The molecule has 33 heavy (non-hydrogen) atoms. The van der Waals surface area contributed by atoms with E-state index in [1.807, 2.05) is 80.6 Å². The molecule has 0 aliphatic heterocycles. The summed E-state index contributed by atoms with van der Waals surface area (Å²) in [4.78, 5) is 29.8. The van der Waals surface area contributed by atoms with E-state index in [0.717, 1.165) is 28.4 Å². The van der Waals surface area contributed by atoms with Crippen molar-refractivity contribution in [3.63, 3.8) is 0 Å². The maximum atomic E-state index is 13.0. The Morgan fingerprint density at radius 2 is 1.39 bits per heavy atom. The number of fused-ring (bicyclic) bond motifs is 3. The Kier molecular flexibility index (Phi) is 10.4. The van der Waals surface area contributed by atoms with Crippen molar-refractivity contribution < 1.29 is 47.3 Å². The molecular weight excluding hydrogens is 456 g/mol. The monoisotopic (exact) mass is 484 g/mol. The third-order valence-corrected chi connectivity index (χ3v) is 5.72. The third-order valence-electron chi connectivity index (χ3n) is 5.42. The van der Waals surface area contributed by atoms with Crippen molar-refractivity contribution in [2.75, 3.05) is 12.8 Å². The predicted molar refractivity (Wildman–Crippen MR) is 138 cm³/mol. The van der Waals surface area contributed by atoms with Gasteiger partial charge in [-0.2, -0.15) is 12.6 Å². The largest absolute Gasteiger partial charge is 0.341 e. The van der Waals surface area contributed by atoms with Gasteiger partial charge in [-0.1, -0.05) is 44.2 Å². The Morgan fingerprint density at radius 3 is 1.91 bits per heavy atom. The van der Waals surface area contributed by atoms with E-state index in [4.69, 9.17) is 0 Å². The molecular formula is C27H28ArN2O2S. The fourth-order valence-corrected chi connectivity index (χ4v) is 4.18. The number of aryl methyl sites for hydroxylation is 1. The van der Waals surface area contributed by atoms with E-state index in [1.165, 1.54) is 0 Å². The summed E-state index contributed by atoms with van der Waals surface area (Å²) in [6.07, 6.45) is 0. The topological polar surface area (TPSA) is 51.4 Å². The van der Waals surface area contributed by atoms with E-state index in [9.17, 15) is 9.59 Å². The summed E-state index contributed by atoms with van der Waals surface area (Å²) in [6, 6.07) is 20.8. The van der Waals surface area contributed by atoms with Gasteiger partial charge in [0.1, 0.15) is 0 Å². The molecule has 1 aromatic heterocycles. The van der Waals surface area contributed by atoms with Crippen LogP contribution >= 0.6 is 12.6 Å². The molecule has 0 saturated heterocycles. The van der Waals surface area contributed by atoms with Crippen molar-refractivity contribution in [1.82, 2.24) is 4.57 Å². The number of benzene rings is 3. The number of carbonyl (C=O) groups excluding carboxylic acids is 2. The number of thiol groups is 1. The maximum Gasteiger partial charge on any atom is 0.207 e. The number of nitrogens with zero attached hydrogens (tertiary/aromatic N) is 2. The van der Waals surface area contributed by atoms with Crippen molar-refractivity contribution >= 4 is 51.7 Å². The number of ketones is 2. The zero-order valence-corrected chi connectivity index (χ0v) is 20.9. The zero-order chi connectivity index (χ0) is 23.3. The van der Waals surface area contributed by atoms with Gasteiger partial charge in [-0.25, -0.2) is 0 Å². The van der Waals surface area contributed by atoms with Crippen molar-refractivity contribution in [3.8, 4) is 0 Å². The van der Waals surface area contributed by atoms with Crippen LogP contribution in [0.4, 0.5) is 0 Å². The molecule has 4 rings (SSSR count). The van der Waals surface area contributed by atoms with Crippen LogP contribution in [-0.4, -0.2) is 34.6 Å². The number of aliphatic imine (C=N–C) groups is 1. The molecule has 0 radical (unpaired) electrons. The summed E-state index contributed by atoms with van der Waals surface area (Å²) in [7, 11) is 1.60. The van der Waals surface area contributed by atoms with Crippen LogP contribution in [0.25, 0.3) is 21.8 Å². The number of Topliss-reactive ketones (excluding diaryl/α,β-unsaturated/α-hetero) is 1. The normalized spacial score (nSPS) is 11.0. The fraction of sp³-hybridized carbons (Fsp3) is 0.222. The van der Waals surface area contributed by atoms with Gasteiger partial charge >= 0.3 is 0 Å². The summed E-state index contributed by atoms with van der Waals surface area (Å²) >= 11 is 4.21. The third kappa shape index (κ3) is 5.43. The molecule has 0 aliphatic carbocycles. The first-order valence-corrected chi connectivity index (χ1v) is 11.5. The minimum absolute atomic E-state index is 0. The van der Waals surface area contributed by atoms with E-state index < -0.39 is 0 Å². The molecule has 0 fully saturated rings. The molecule has 0 aliphatic rings. The molecule has 1 heterocycles. The number of aromatic nitrogens is 1. The van der Waals surface area contributed by atoms with Crippen LogP contribution in [0, 0.1) is 37.7 Å². The van der Waals surface area contributed by atoms with E-state index >= 15 is 0 Å². The molecule has 6 heteroatoms. The van der Waals surface area contributed by atoms with Crippen LogP contribution in [0.1, 0.15) is 47.1 Å². The van der Waals surface area contributed by atoms with Gasteiger partial charge in [0.2, 0.25) is 5.78 Å². The van der Waals surface area contributed by atoms with Crippen molar-refractivity contribution in [2.45, 2.75) is 27.3 Å². The average Bonchev–Trinajstić information content (AvgIpc) is 3.18. The molecule has 0 spiro atoms. The Hall–Kier alpha value is -1.92. The van der Waals surface area contributed by atoms with E-state index in [1.54, 1.807) is 7.05 Å². The van der Waals surface area contributed by atoms with Crippen LogP contribution < -0.4 is 0 Å². The van der Waals surface area contributed by atoms with Crippen molar-refractivity contribution in [1.29, 1.82) is 0 Å². The number of rotatable bonds is 6. The van der Waals surface area contributed by atoms with E-state index in [2.05, 4.69) is 29.1 Å². The first kappa shape index (κ1) is 27.3. The molecule has 0 unspecified atom stereocenters. The van der Waals surface area contributed by atoms with Gasteiger partial charge in [-0.3, -0.25) is 14.6 Å². The molecule has 172 valence electrons. The first-order chi connectivity index (χ1) is 15.6. The summed E-state index contributed by atoms with van der Waals surface area (Å²) in [5, 5.41) is 1.92. The Balaban J connectivity index is 0.00000125. The summed E-state index contributed by atoms with van der Waals surface area (Å²) in [5.74, 6) is 0.153. The second kappa shape index (κ2) is 12.5. The smallest absolute Gasteiger partial charge is 0.207 e. The zero-order valence-electron chi connectivity index (χ0n) is 19.3. The number of hydrogen-bond donors (Lipinski definition) is 1. The van der Waals surface area contributed by atoms with Gasteiger partial charge in [-0.05, 0) is 43.3 Å². The molecule has 0 N–H and O–H groups in total.